The van der Waals surface area contributed by atoms with Crippen LogP contribution in [0.15, 0.2) is 12.4 Å². The van der Waals surface area contributed by atoms with Crippen LogP contribution in [0, 0.1) is 0 Å². The standard InChI is InChI=1S/C9H16N4O4S/c1-13(4-3-9(14)17-2)18(15,16)12-7-8-5-10-11-6-8/h5-6,12H,3-4,7H2,1-2H3,(H,10,11). The Morgan fingerprint density at radius 3 is 2.89 bits per heavy atom. The van der Waals surface area contributed by atoms with E-state index in [0.717, 1.165) is 9.87 Å². The Balaban J connectivity index is 2.44. The molecule has 0 aliphatic rings. The highest BCUT2D eigenvalue weighted by Crippen LogP contribution is 2.00. The molecule has 0 aliphatic heterocycles. The number of nitrogens with one attached hydrogen (secondary N) is 2. The summed E-state index contributed by atoms with van der Waals surface area (Å²) in [4.78, 5) is 10.9. The van der Waals surface area contributed by atoms with Crippen molar-refractivity contribution in [1.82, 2.24) is 19.2 Å². The van der Waals surface area contributed by atoms with E-state index in [0.29, 0.717) is 0 Å². The summed E-state index contributed by atoms with van der Waals surface area (Å²) in [7, 11) is -0.959. The van der Waals surface area contributed by atoms with Crippen LogP contribution in [-0.2, 0) is 26.3 Å². The average molecular weight is 276 g/mol. The summed E-state index contributed by atoms with van der Waals surface area (Å²) < 4.78 is 31.4. The molecule has 0 saturated carbocycles. The van der Waals surface area contributed by atoms with Gasteiger partial charge in [0.05, 0.1) is 19.7 Å². The predicted molar refractivity (Wildman–Crippen MR) is 63.6 cm³/mol. The Kier molecular flexibility index (Phi) is 5.25. The molecular weight excluding hydrogens is 260 g/mol. The Labute approximate surface area is 105 Å². The lowest BCUT2D eigenvalue weighted by molar-refractivity contribution is -0.140. The summed E-state index contributed by atoms with van der Waals surface area (Å²) in [5.41, 5.74) is 0.722. The van der Waals surface area contributed by atoms with E-state index in [9.17, 15) is 13.2 Å². The number of aromatic nitrogens is 2. The fraction of sp³-hybridized carbons (Fsp3) is 0.556. The van der Waals surface area contributed by atoms with E-state index in [1.54, 1.807) is 6.20 Å². The fourth-order valence-electron chi connectivity index (χ4n) is 1.13. The fourth-order valence-corrected chi connectivity index (χ4v) is 2.03. The lowest BCUT2D eigenvalue weighted by atomic mass is 10.4. The van der Waals surface area contributed by atoms with Gasteiger partial charge in [0, 0.05) is 31.9 Å². The molecular formula is C9H16N4O4S. The van der Waals surface area contributed by atoms with Gasteiger partial charge in [0.1, 0.15) is 0 Å². The van der Waals surface area contributed by atoms with E-state index in [1.165, 1.54) is 20.4 Å². The quantitative estimate of drug-likeness (QED) is 0.637. The zero-order valence-corrected chi connectivity index (χ0v) is 11.0. The second-order valence-corrected chi connectivity index (χ2v) is 5.44. The van der Waals surface area contributed by atoms with Crippen LogP contribution in [0.5, 0.6) is 0 Å². The molecule has 0 amide bonds. The Morgan fingerprint density at radius 1 is 1.61 bits per heavy atom. The number of ether oxygens (including phenoxy) is 1. The minimum absolute atomic E-state index is 0.0135. The molecule has 2 N–H and O–H groups in total. The first kappa shape index (κ1) is 14.6. The van der Waals surface area contributed by atoms with Crippen LogP contribution in [0.2, 0.25) is 0 Å². The molecule has 0 aromatic carbocycles. The molecule has 1 aromatic heterocycles. The molecule has 0 radical (unpaired) electrons. The third kappa shape index (κ3) is 4.43. The minimum atomic E-state index is -3.61. The first-order valence-corrected chi connectivity index (χ1v) is 6.65. The third-order valence-corrected chi connectivity index (χ3v) is 3.79. The van der Waals surface area contributed by atoms with Gasteiger partial charge in [0.2, 0.25) is 0 Å². The SMILES string of the molecule is COC(=O)CCN(C)S(=O)(=O)NCc1cn[nH]c1. The molecule has 0 aliphatic carbocycles. The lowest BCUT2D eigenvalue weighted by Crippen LogP contribution is -2.38. The summed E-state index contributed by atoms with van der Waals surface area (Å²) in [5, 5.41) is 6.29. The van der Waals surface area contributed by atoms with E-state index < -0.39 is 16.2 Å². The summed E-state index contributed by atoms with van der Waals surface area (Å²) in [6, 6.07) is 0. The number of carbonyl (C=O) groups excluding carboxylic acids is 1. The summed E-state index contributed by atoms with van der Waals surface area (Å²) in [5.74, 6) is -0.452. The number of aromatic amines is 1. The van der Waals surface area contributed by atoms with Gasteiger partial charge in [-0.2, -0.15) is 22.5 Å². The van der Waals surface area contributed by atoms with E-state index >= 15 is 0 Å². The highest BCUT2D eigenvalue weighted by molar-refractivity contribution is 7.87. The van der Waals surface area contributed by atoms with Gasteiger partial charge in [0.25, 0.3) is 10.2 Å². The zero-order valence-electron chi connectivity index (χ0n) is 10.2. The van der Waals surface area contributed by atoms with Crippen molar-refractivity contribution in [2.24, 2.45) is 0 Å². The van der Waals surface area contributed by atoms with Crippen molar-refractivity contribution >= 4 is 16.2 Å². The summed E-state index contributed by atoms with van der Waals surface area (Å²) in [6.07, 6.45) is 3.13. The molecule has 0 spiro atoms. The van der Waals surface area contributed by atoms with Crippen LogP contribution in [0.25, 0.3) is 0 Å². The van der Waals surface area contributed by atoms with Crippen molar-refractivity contribution in [3.63, 3.8) is 0 Å². The first-order valence-electron chi connectivity index (χ1n) is 5.21. The molecule has 0 fully saturated rings. The van der Waals surface area contributed by atoms with Crippen LogP contribution in [0.3, 0.4) is 0 Å². The smallest absolute Gasteiger partial charge is 0.306 e. The third-order valence-electron chi connectivity index (χ3n) is 2.28. The van der Waals surface area contributed by atoms with Crippen molar-refractivity contribution in [3.8, 4) is 0 Å². The average Bonchev–Trinajstić information content (AvgIpc) is 2.86. The number of rotatable bonds is 7. The van der Waals surface area contributed by atoms with Crippen LogP contribution in [0.1, 0.15) is 12.0 Å². The molecule has 9 heteroatoms. The second kappa shape index (κ2) is 6.47. The van der Waals surface area contributed by atoms with Gasteiger partial charge < -0.3 is 4.74 Å². The van der Waals surface area contributed by atoms with Crippen LogP contribution < -0.4 is 4.72 Å². The van der Waals surface area contributed by atoms with Crippen molar-refractivity contribution in [1.29, 1.82) is 0 Å². The molecule has 0 bridgehead atoms. The molecule has 102 valence electrons. The lowest BCUT2D eigenvalue weighted by Gasteiger charge is -2.16. The maximum Gasteiger partial charge on any atom is 0.306 e. The van der Waals surface area contributed by atoms with Gasteiger partial charge in [-0.15, -0.1) is 0 Å². The number of hydrogen-bond acceptors (Lipinski definition) is 5. The number of esters is 1. The van der Waals surface area contributed by atoms with E-state index in [4.69, 9.17) is 0 Å². The largest absolute Gasteiger partial charge is 0.469 e. The van der Waals surface area contributed by atoms with Crippen LogP contribution >= 0.6 is 0 Å². The zero-order chi connectivity index (χ0) is 13.6. The maximum absolute atomic E-state index is 11.8. The van der Waals surface area contributed by atoms with E-state index in [2.05, 4.69) is 19.7 Å². The monoisotopic (exact) mass is 276 g/mol. The Bertz CT molecular complexity index is 471. The molecule has 1 aromatic rings. The van der Waals surface area contributed by atoms with Crippen molar-refractivity contribution < 1.29 is 17.9 Å². The normalized spacial score (nSPS) is 11.7. The van der Waals surface area contributed by atoms with Gasteiger partial charge in [-0.1, -0.05) is 0 Å². The van der Waals surface area contributed by atoms with Crippen molar-refractivity contribution in [3.05, 3.63) is 18.0 Å². The molecule has 1 rings (SSSR count). The molecule has 18 heavy (non-hydrogen) atoms. The molecule has 0 atom stereocenters. The van der Waals surface area contributed by atoms with E-state index in [1.807, 2.05) is 0 Å². The van der Waals surface area contributed by atoms with Crippen molar-refractivity contribution in [2.45, 2.75) is 13.0 Å². The van der Waals surface area contributed by atoms with Gasteiger partial charge in [-0.3, -0.25) is 9.89 Å². The van der Waals surface area contributed by atoms with Gasteiger partial charge in [-0.25, -0.2) is 0 Å². The molecule has 8 nitrogen and oxygen atoms in total. The number of methoxy groups -OCH3 is 1. The van der Waals surface area contributed by atoms with E-state index in [-0.39, 0.29) is 19.5 Å². The predicted octanol–water partition coefficient (Wildman–Crippen LogP) is -0.761. The van der Waals surface area contributed by atoms with Gasteiger partial charge in [0.15, 0.2) is 0 Å². The second-order valence-electron chi connectivity index (χ2n) is 3.58. The molecule has 0 unspecified atom stereocenters. The van der Waals surface area contributed by atoms with Gasteiger partial charge in [-0.05, 0) is 0 Å². The number of carbonyl (C=O) groups is 1. The number of H-pyrrole nitrogens is 1. The maximum atomic E-state index is 11.8. The highest BCUT2D eigenvalue weighted by Gasteiger charge is 2.18. The van der Waals surface area contributed by atoms with Crippen molar-refractivity contribution in [2.75, 3.05) is 20.7 Å². The molecule has 0 saturated heterocycles. The topological polar surface area (TPSA) is 104 Å². The van der Waals surface area contributed by atoms with Gasteiger partial charge >= 0.3 is 5.97 Å². The Morgan fingerprint density at radius 2 is 2.33 bits per heavy atom. The summed E-state index contributed by atoms with van der Waals surface area (Å²) in [6.45, 7) is 0.203. The van der Waals surface area contributed by atoms with Crippen LogP contribution in [-0.4, -0.2) is 49.6 Å². The molecule has 1 heterocycles. The Hall–Kier alpha value is -1.45. The minimum Gasteiger partial charge on any atom is -0.469 e. The van der Waals surface area contributed by atoms with Crippen LogP contribution in [0.4, 0.5) is 0 Å². The number of hydrogen-bond donors (Lipinski definition) is 2. The number of nitrogens with zero attached hydrogens (tertiary/aromatic N) is 2. The summed E-state index contributed by atoms with van der Waals surface area (Å²) >= 11 is 0. The highest BCUT2D eigenvalue weighted by atomic mass is 32.2. The first-order chi connectivity index (χ1) is 8.45.